The number of hydrogen-bond acceptors (Lipinski definition) is 6. The molecule has 7 heteroatoms. The first-order chi connectivity index (χ1) is 13.2. The summed E-state index contributed by atoms with van der Waals surface area (Å²) in [7, 11) is 1.82. The molecular weight excluding hydrogens is 342 g/mol. The summed E-state index contributed by atoms with van der Waals surface area (Å²) in [5, 5.41) is 0. The second kappa shape index (κ2) is 8.00. The van der Waals surface area contributed by atoms with E-state index in [1.54, 1.807) is 17.3 Å². The Labute approximate surface area is 159 Å². The van der Waals surface area contributed by atoms with Crippen LogP contribution in [0.1, 0.15) is 31.4 Å². The van der Waals surface area contributed by atoms with Crippen molar-refractivity contribution in [1.29, 1.82) is 0 Å². The van der Waals surface area contributed by atoms with E-state index in [1.165, 1.54) is 12.8 Å². The summed E-state index contributed by atoms with van der Waals surface area (Å²) in [6.07, 6.45) is 9.14. The van der Waals surface area contributed by atoms with Gasteiger partial charge < -0.3 is 14.5 Å². The van der Waals surface area contributed by atoms with Crippen LogP contribution in [0, 0.1) is 0 Å². The lowest BCUT2D eigenvalue weighted by molar-refractivity contribution is -0.140. The van der Waals surface area contributed by atoms with Gasteiger partial charge in [0.25, 0.3) is 5.91 Å². The van der Waals surface area contributed by atoms with Crippen LogP contribution in [0.4, 0.5) is 5.95 Å². The van der Waals surface area contributed by atoms with Crippen LogP contribution in [0.3, 0.4) is 0 Å². The van der Waals surface area contributed by atoms with Gasteiger partial charge in [-0.2, -0.15) is 0 Å². The highest BCUT2D eigenvalue weighted by Gasteiger charge is 2.27. The number of hydrogen-bond donors (Lipinski definition) is 0. The molecule has 2 saturated heterocycles. The molecule has 2 aliphatic rings. The van der Waals surface area contributed by atoms with Gasteiger partial charge in [-0.1, -0.05) is 0 Å². The number of anilines is 1. The molecule has 4 rings (SSSR count). The van der Waals surface area contributed by atoms with E-state index >= 15 is 0 Å². The van der Waals surface area contributed by atoms with Crippen LogP contribution in [0.2, 0.25) is 0 Å². The molecule has 0 radical (unpaired) electrons. The summed E-state index contributed by atoms with van der Waals surface area (Å²) in [6, 6.07) is 3.89. The van der Waals surface area contributed by atoms with Gasteiger partial charge in [-0.05, 0) is 43.4 Å². The standard InChI is InChI=1S/C20H25N5O2/c1-24(19(26)18-5-4-12-27-18)14-17-16(15-6-8-21-9-7-15)13-22-20(23-17)25-10-2-3-11-25/h6-9,13,18H,2-5,10-12,14H2,1H3/t18-/m1/s1. The lowest BCUT2D eigenvalue weighted by atomic mass is 10.1. The molecule has 0 bridgehead atoms. The van der Waals surface area contributed by atoms with Crippen molar-refractivity contribution in [3.8, 4) is 11.1 Å². The van der Waals surface area contributed by atoms with E-state index in [4.69, 9.17) is 9.72 Å². The number of rotatable bonds is 5. The molecule has 0 N–H and O–H groups in total. The number of nitrogens with zero attached hydrogens (tertiary/aromatic N) is 5. The molecule has 0 aromatic carbocycles. The Kier molecular flexibility index (Phi) is 5.29. The first kappa shape index (κ1) is 17.9. The molecule has 1 atom stereocenters. The fourth-order valence-corrected chi connectivity index (χ4v) is 3.69. The normalized spacial score (nSPS) is 19.4. The molecule has 7 nitrogen and oxygen atoms in total. The van der Waals surface area contributed by atoms with Crippen molar-refractivity contribution in [2.45, 2.75) is 38.3 Å². The van der Waals surface area contributed by atoms with E-state index in [1.807, 2.05) is 25.4 Å². The molecule has 0 aliphatic carbocycles. The van der Waals surface area contributed by atoms with Gasteiger partial charge in [-0.3, -0.25) is 9.78 Å². The number of likely N-dealkylation sites (N-methyl/N-ethyl adjacent to an activating group) is 1. The van der Waals surface area contributed by atoms with Crippen LogP contribution in [0.5, 0.6) is 0 Å². The third kappa shape index (κ3) is 3.93. The zero-order valence-corrected chi connectivity index (χ0v) is 15.7. The largest absolute Gasteiger partial charge is 0.368 e. The third-order valence-electron chi connectivity index (χ3n) is 5.20. The maximum absolute atomic E-state index is 12.7. The van der Waals surface area contributed by atoms with E-state index in [0.29, 0.717) is 13.2 Å². The quantitative estimate of drug-likeness (QED) is 0.807. The van der Waals surface area contributed by atoms with Gasteiger partial charge in [0.2, 0.25) is 5.95 Å². The number of aromatic nitrogens is 3. The molecule has 2 aromatic heterocycles. The van der Waals surface area contributed by atoms with Crippen molar-refractivity contribution in [2.75, 3.05) is 31.6 Å². The Morgan fingerprint density at radius 3 is 2.74 bits per heavy atom. The van der Waals surface area contributed by atoms with E-state index in [0.717, 1.165) is 48.7 Å². The Morgan fingerprint density at radius 1 is 1.26 bits per heavy atom. The molecular formula is C20H25N5O2. The van der Waals surface area contributed by atoms with Crippen molar-refractivity contribution in [3.63, 3.8) is 0 Å². The maximum atomic E-state index is 12.7. The number of carbonyl (C=O) groups excluding carboxylic acids is 1. The fourth-order valence-electron chi connectivity index (χ4n) is 3.69. The second-order valence-electron chi connectivity index (χ2n) is 7.16. The second-order valence-corrected chi connectivity index (χ2v) is 7.16. The Morgan fingerprint density at radius 2 is 2.04 bits per heavy atom. The van der Waals surface area contributed by atoms with Gasteiger partial charge in [0, 0.05) is 50.9 Å². The predicted octanol–water partition coefficient (Wildman–Crippen LogP) is 2.28. The van der Waals surface area contributed by atoms with E-state index in [2.05, 4.69) is 14.9 Å². The highest BCUT2D eigenvalue weighted by Crippen LogP contribution is 2.26. The van der Waals surface area contributed by atoms with Gasteiger partial charge in [-0.25, -0.2) is 9.97 Å². The van der Waals surface area contributed by atoms with Crippen molar-refractivity contribution >= 4 is 11.9 Å². The highest BCUT2D eigenvalue weighted by atomic mass is 16.5. The molecule has 27 heavy (non-hydrogen) atoms. The predicted molar refractivity (Wildman–Crippen MR) is 102 cm³/mol. The first-order valence-electron chi connectivity index (χ1n) is 9.60. The summed E-state index contributed by atoms with van der Waals surface area (Å²) in [5.41, 5.74) is 2.80. The lowest BCUT2D eigenvalue weighted by Gasteiger charge is -2.23. The van der Waals surface area contributed by atoms with E-state index < -0.39 is 0 Å². The molecule has 0 unspecified atom stereocenters. The summed E-state index contributed by atoms with van der Waals surface area (Å²) in [5.74, 6) is 0.771. The van der Waals surface area contributed by atoms with Gasteiger partial charge in [0.1, 0.15) is 6.10 Å². The van der Waals surface area contributed by atoms with Gasteiger partial charge in [0.05, 0.1) is 12.2 Å². The molecule has 142 valence electrons. The summed E-state index contributed by atoms with van der Waals surface area (Å²) in [4.78, 5) is 30.1. The Balaban J connectivity index is 1.62. The minimum absolute atomic E-state index is 0.0227. The van der Waals surface area contributed by atoms with E-state index in [-0.39, 0.29) is 12.0 Å². The fraction of sp³-hybridized carbons (Fsp3) is 0.500. The first-order valence-corrected chi connectivity index (χ1v) is 9.60. The SMILES string of the molecule is CN(Cc1nc(N2CCCC2)ncc1-c1ccncc1)C(=O)[C@H]1CCCO1. The van der Waals surface area contributed by atoms with Gasteiger partial charge >= 0.3 is 0 Å². The number of pyridine rings is 1. The van der Waals surface area contributed by atoms with Crippen molar-refractivity contribution < 1.29 is 9.53 Å². The van der Waals surface area contributed by atoms with Crippen LogP contribution in [0.15, 0.2) is 30.7 Å². The molecule has 2 aliphatic heterocycles. The smallest absolute Gasteiger partial charge is 0.251 e. The van der Waals surface area contributed by atoms with Crippen LogP contribution in [0.25, 0.3) is 11.1 Å². The molecule has 0 spiro atoms. The maximum Gasteiger partial charge on any atom is 0.251 e. The van der Waals surface area contributed by atoms with Gasteiger partial charge in [-0.15, -0.1) is 0 Å². The summed E-state index contributed by atoms with van der Waals surface area (Å²) >= 11 is 0. The molecule has 0 saturated carbocycles. The minimum atomic E-state index is -0.320. The topological polar surface area (TPSA) is 71.5 Å². The Hall–Kier alpha value is -2.54. The lowest BCUT2D eigenvalue weighted by Crippen LogP contribution is -2.36. The average Bonchev–Trinajstić information content (AvgIpc) is 3.42. The van der Waals surface area contributed by atoms with Crippen molar-refractivity contribution in [1.82, 2.24) is 19.9 Å². The van der Waals surface area contributed by atoms with E-state index in [9.17, 15) is 4.79 Å². The van der Waals surface area contributed by atoms with Crippen molar-refractivity contribution in [3.05, 3.63) is 36.4 Å². The number of ether oxygens (including phenoxy) is 1. The number of amides is 1. The zero-order chi connectivity index (χ0) is 18.6. The average molecular weight is 367 g/mol. The van der Waals surface area contributed by atoms with Crippen LogP contribution in [-0.2, 0) is 16.1 Å². The van der Waals surface area contributed by atoms with Crippen LogP contribution >= 0.6 is 0 Å². The zero-order valence-electron chi connectivity index (χ0n) is 15.7. The van der Waals surface area contributed by atoms with Gasteiger partial charge in [0.15, 0.2) is 0 Å². The van der Waals surface area contributed by atoms with Crippen LogP contribution in [-0.4, -0.2) is 58.6 Å². The van der Waals surface area contributed by atoms with Crippen LogP contribution < -0.4 is 4.90 Å². The number of carbonyl (C=O) groups is 1. The Bertz CT molecular complexity index is 786. The molecule has 1 amide bonds. The monoisotopic (exact) mass is 367 g/mol. The van der Waals surface area contributed by atoms with Crippen molar-refractivity contribution in [2.24, 2.45) is 0 Å². The highest BCUT2D eigenvalue weighted by molar-refractivity contribution is 5.81. The minimum Gasteiger partial charge on any atom is -0.368 e. The molecule has 2 aromatic rings. The molecule has 2 fully saturated rings. The third-order valence-corrected chi connectivity index (χ3v) is 5.20. The summed E-state index contributed by atoms with van der Waals surface area (Å²) in [6.45, 7) is 3.07. The summed E-state index contributed by atoms with van der Waals surface area (Å²) < 4.78 is 5.55. The molecule has 4 heterocycles.